The highest BCUT2D eigenvalue weighted by molar-refractivity contribution is 6.00. The highest BCUT2D eigenvalue weighted by Gasteiger charge is 2.23. The Balaban J connectivity index is 1.72. The monoisotopic (exact) mass is 411 g/mol. The lowest BCUT2D eigenvalue weighted by atomic mass is 10.0. The van der Waals surface area contributed by atoms with Gasteiger partial charge in [0.05, 0.1) is 0 Å². The normalized spacial score (nSPS) is 11.6. The molecule has 3 aromatic rings. The second-order valence-electron chi connectivity index (χ2n) is 6.32. The lowest BCUT2D eigenvalue weighted by Gasteiger charge is -2.17. The third kappa shape index (κ3) is 5.20. The maximum Gasteiger partial charge on any atom is 0.387 e. The third-order valence-corrected chi connectivity index (χ3v) is 4.25. The SMILES string of the molecule is C[C@@H](OC(=O)c1ccccc1OC(F)F)C(=O)Nc1ccccc1-c1ccccc1. The molecule has 0 heterocycles. The van der Waals surface area contributed by atoms with E-state index < -0.39 is 24.6 Å². The Labute approximate surface area is 172 Å². The predicted molar refractivity (Wildman–Crippen MR) is 108 cm³/mol. The number of halogens is 2. The average Bonchev–Trinajstić information content (AvgIpc) is 2.74. The molecule has 0 radical (unpaired) electrons. The van der Waals surface area contributed by atoms with Crippen molar-refractivity contribution in [3.63, 3.8) is 0 Å². The van der Waals surface area contributed by atoms with Crippen LogP contribution in [0.5, 0.6) is 5.75 Å². The number of rotatable bonds is 7. The molecule has 0 aliphatic rings. The van der Waals surface area contributed by atoms with E-state index in [0.717, 1.165) is 11.1 Å². The van der Waals surface area contributed by atoms with Crippen molar-refractivity contribution in [1.82, 2.24) is 0 Å². The van der Waals surface area contributed by atoms with Crippen LogP contribution < -0.4 is 10.1 Å². The second-order valence-corrected chi connectivity index (χ2v) is 6.32. The predicted octanol–water partition coefficient (Wildman–Crippen LogP) is 5.14. The Bertz CT molecular complexity index is 1020. The molecule has 1 amide bonds. The number of amides is 1. The number of hydrogen-bond acceptors (Lipinski definition) is 4. The van der Waals surface area contributed by atoms with Gasteiger partial charge in [0.1, 0.15) is 11.3 Å². The van der Waals surface area contributed by atoms with Crippen LogP contribution >= 0.6 is 0 Å². The molecule has 0 aromatic heterocycles. The van der Waals surface area contributed by atoms with E-state index in [2.05, 4.69) is 10.1 Å². The quantitative estimate of drug-likeness (QED) is 0.547. The first-order valence-corrected chi connectivity index (χ1v) is 9.16. The minimum Gasteiger partial charge on any atom is -0.449 e. The van der Waals surface area contributed by atoms with Gasteiger partial charge in [-0.2, -0.15) is 8.78 Å². The fraction of sp³-hybridized carbons (Fsp3) is 0.130. The van der Waals surface area contributed by atoms with Gasteiger partial charge in [-0.15, -0.1) is 0 Å². The van der Waals surface area contributed by atoms with Crippen molar-refractivity contribution in [3.05, 3.63) is 84.4 Å². The molecule has 0 aliphatic carbocycles. The maximum atomic E-state index is 12.6. The van der Waals surface area contributed by atoms with Gasteiger partial charge < -0.3 is 14.8 Å². The number of ether oxygens (including phenoxy) is 2. The molecule has 3 aromatic carbocycles. The number of carbonyl (C=O) groups is 2. The van der Waals surface area contributed by atoms with Gasteiger partial charge in [-0.25, -0.2) is 4.79 Å². The first-order valence-electron chi connectivity index (χ1n) is 9.16. The van der Waals surface area contributed by atoms with Crippen LogP contribution in [0.4, 0.5) is 14.5 Å². The van der Waals surface area contributed by atoms with Crippen LogP contribution in [0.15, 0.2) is 78.9 Å². The lowest BCUT2D eigenvalue weighted by Crippen LogP contribution is -2.30. The van der Waals surface area contributed by atoms with Gasteiger partial charge in [-0.05, 0) is 30.7 Å². The van der Waals surface area contributed by atoms with E-state index in [1.165, 1.54) is 31.2 Å². The largest absolute Gasteiger partial charge is 0.449 e. The summed E-state index contributed by atoms with van der Waals surface area (Å²) in [5, 5.41) is 2.75. The smallest absolute Gasteiger partial charge is 0.387 e. The van der Waals surface area contributed by atoms with Gasteiger partial charge >= 0.3 is 12.6 Å². The molecule has 0 saturated heterocycles. The minimum atomic E-state index is -3.09. The Morgan fingerprint density at radius 3 is 2.23 bits per heavy atom. The van der Waals surface area contributed by atoms with Crippen LogP contribution in [-0.4, -0.2) is 24.6 Å². The zero-order chi connectivity index (χ0) is 21.5. The first kappa shape index (κ1) is 21.0. The molecular weight excluding hydrogens is 392 g/mol. The number of nitrogens with one attached hydrogen (secondary N) is 1. The Kier molecular flexibility index (Phi) is 6.75. The Hall–Kier alpha value is -3.74. The highest BCUT2D eigenvalue weighted by Crippen LogP contribution is 2.28. The molecule has 154 valence electrons. The summed E-state index contributed by atoms with van der Waals surface area (Å²) in [5.41, 5.74) is 2.08. The number of esters is 1. The van der Waals surface area contributed by atoms with Crippen LogP contribution in [0.25, 0.3) is 11.1 Å². The molecule has 0 saturated carbocycles. The highest BCUT2D eigenvalue weighted by atomic mass is 19.3. The van der Waals surface area contributed by atoms with E-state index in [1.807, 2.05) is 42.5 Å². The average molecular weight is 411 g/mol. The van der Waals surface area contributed by atoms with Crippen LogP contribution in [0, 0.1) is 0 Å². The van der Waals surface area contributed by atoms with Crippen molar-refractivity contribution in [2.24, 2.45) is 0 Å². The fourth-order valence-electron chi connectivity index (χ4n) is 2.81. The van der Waals surface area contributed by atoms with Crippen molar-refractivity contribution in [3.8, 4) is 16.9 Å². The molecule has 0 bridgehead atoms. The van der Waals surface area contributed by atoms with Gasteiger partial charge in [0.15, 0.2) is 6.10 Å². The van der Waals surface area contributed by atoms with Crippen molar-refractivity contribution in [1.29, 1.82) is 0 Å². The molecule has 0 spiro atoms. The molecule has 1 atom stereocenters. The molecule has 7 heteroatoms. The van der Waals surface area contributed by atoms with Gasteiger partial charge in [-0.3, -0.25) is 4.79 Å². The number of alkyl halides is 2. The number of hydrogen-bond donors (Lipinski definition) is 1. The molecule has 30 heavy (non-hydrogen) atoms. The van der Waals surface area contributed by atoms with E-state index in [0.29, 0.717) is 5.69 Å². The Morgan fingerprint density at radius 2 is 1.50 bits per heavy atom. The summed E-state index contributed by atoms with van der Waals surface area (Å²) in [4.78, 5) is 25.0. The zero-order valence-electron chi connectivity index (χ0n) is 16.0. The molecule has 0 fully saturated rings. The summed E-state index contributed by atoms with van der Waals surface area (Å²) in [7, 11) is 0. The Morgan fingerprint density at radius 1 is 0.867 bits per heavy atom. The number of para-hydroxylation sites is 2. The molecule has 3 rings (SSSR count). The van der Waals surface area contributed by atoms with Crippen LogP contribution in [0.3, 0.4) is 0 Å². The number of benzene rings is 3. The summed E-state index contributed by atoms with van der Waals surface area (Å²) in [6.07, 6.45) is -1.17. The molecule has 5 nitrogen and oxygen atoms in total. The summed E-state index contributed by atoms with van der Waals surface area (Å²) >= 11 is 0. The molecular formula is C23H19F2NO4. The summed E-state index contributed by atoms with van der Waals surface area (Å²) in [5.74, 6) is -1.82. The van der Waals surface area contributed by atoms with Crippen LogP contribution in [0.2, 0.25) is 0 Å². The summed E-state index contributed by atoms with van der Waals surface area (Å²) in [6, 6.07) is 22.1. The second kappa shape index (κ2) is 9.65. The third-order valence-electron chi connectivity index (χ3n) is 4.25. The van der Waals surface area contributed by atoms with E-state index in [9.17, 15) is 18.4 Å². The molecule has 0 unspecified atom stereocenters. The fourth-order valence-corrected chi connectivity index (χ4v) is 2.81. The summed E-state index contributed by atoms with van der Waals surface area (Å²) < 4.78 is 34.6. The van der Waals surface area contributed by atoms with Crippen molar-refractivity contribution < 1.29 is 27.8 Å². The number of carbonyl (C=O) groups excluding carboxylic acids is 2. The van der Waals surface area contributed by atoms with Crippen molar-refractivity contribution in [2.45, 2.75) is 19.6 Å². The van der Waals surface area contributed by atoms with Gasteiger partial charge in [0, 0.05) is 11.3 Å². The van der Waals surface area contributed by atoms with E-state index in [1.54, 1.807) is 12.1 Å². The van der Waals surface area contributed by atoms with E-state index in [-0.39, 0.29) is 11.3 Å². The van der Waals surface area contributed by atoms with Crippen molar-refractivity contribution in [2.75, 3.05) is 5.32 Å². The van der Waals surface area contributed by atoms with Gasteiger partial charge in [-0.1, -0.05) is 60.7 Å². The van der Waals surface area contributed by atoms with Crippen LogP contribution in [0.1, 0.15) is 17.3 Å². The lowest BCUT2D eigenvalue weighted by molar-refractivity contribution is -0.123. The minimum absolute atomic E-state index is 0.192. The summed E-state index contributed by atoms with van der Waals surface area (Å²) in [6.45, 7) is -1.69. The standard InChI is InChI=1S/C23H19F2NO4/c1-15(29-22(28)18-12-6-8-14-20(18)30-23(24)25)21(27)26-19-13-7-5-11-17(19)16-9-3-2-4-10-16/h2-15,23H,1H3,(H,26,27)/t15-/m1/s1. The van der Waals surface area contributed by atoms with Crippen molar-refractivity contribution >= 4 is 17.6 Å². The van der Waals surface area contributed by atoms with Gasteiger partial charge in [0.25, 0.3) is 5.91 Å². The molecule has 1 N–H and O–H groups in total. The first-order chi connectivity index (χ1) is 14.5. The van der Waals surface area contributed by atoms with E-state index >= 15 is 0 Å². The van der Waals surface area contributed by atoms with E-state index in [4.69, 9.17) is 4.74 Å². The maximum absolute atomic E-state index is 12.6. The zero-order valence-corrected chi connectivity index (χ0v) is 16.0. The molecule has 0 aliphatic heterocycles. The van der Waals surface area contributed by atoms with Gasteiger partial charge in [0.2, 0.25) is 0 Å². The van der Waals surface area contributed by atoms with Crippen LogP contribution in [-0.2, 0) is 9.53 Å². The number of anilines is 1. The topological polar surface area (TPSA) is 64.6 Å².